The van der Waals surface area contributed by atoms with E-state index in [-0.39, 0.29) is 11.0 Å². The number of aromatic amines is 1. The maximum absolute atomic E-state index is 13.7. The minimum atomic E-state index is -1.53. The Labute approximate surface area is 241 Å². The summed E-state index contributed by atoms with van der Waals surface area (Å²) in [5.41, 5.74) is 2.42. The van der Waals surface area contributed by atoms with Crippen LogP contribution in [-0.2, 0) is 18.4 Å². The number of rotatable bonds is 8. The smallest absolute Gasteiger partial charge is 0.362 e. The first-order chi connectivity index (χ1) is 20.0. The summed E-state index contributed by atoms with van der Waals surface area (Å²) in [6.07, 6.45) is 4.49. The number of ether oxygens (including phenoxy) is 1. The molecule has 2 heterocycles. The summed E-state index contributed by atoms with van der Waals surface area (Å²) in [4.78, 5) is 51.5. The molecule has 2 N–H and O–H groups in total. The van der Waals surface area contributed by atoms with Crippen LogP contribution in [0.15, 0.2) is 56.8 Å². The van der Waals surface area contributed by atoms with Gasteiger partial charge >= 0.3 is 11.7 Å². The number of benzene rings is 2. The van der Waals surface area contributed by atoms with Crippen LogP contribution >= 0.6 is 0 Å². The molecule has 1 fully saturated rings. The third-order valence-electron chi connectivity index (χ3n) is 8.19. The highest BCUT2D eigenvalue weighted by Gasteiger charge is 2.34. The van der Waals surface area contributed by atoms with Gasteiger partial charge in [0.1, 0.15) is 5.75 Å². The minimum Gasteiger partial charge on any atom is -0.497 e. The maximum atomic E-state index is 13.7. The van der Waals surface area contributed by atoms with Crippen molar-refractivity contribution in [2.45, 2.75) is 64.8 Å². The van der Waals surface area contributed by atoms with Crippen LogP contribution in [0.4, 0.5) is 0 Å². The lowest BCUT2D eigenvalue weighted by molar-refractivity contribution is 0.0685. The summed E-state index contributed by atoms with van der Waals surface area (Å²) in [6, 6.07) is 12.9. The van der Waals surface area contributed by atoms with Crippen molar-refractivity contribution in [1.29, 1.82) is 0 Å². The number of aryl methyl sites for hydroxylation is 2. The number of aromatic nitrogens is 5. The Morgan fingerprint density at radius 3 is 2.26 bits per heavy atom. The zero-order valence-corrected chi connectivity index (χ0v) is 24.1. The van der Waals surface area contributed by atoms with Crippen molar-refractivity contribution in [3.8, 4) is 11.4 Å². The van der Waals surface area contributed by atoms with Crippen LogP contribution in [0.5, 0.6) is 5.75 Å². The average molecular weight is 572 g/mol. The van der Waals surface area contributed by atoms with Crippen LogP contribution in [0.2, 0.25) is 0 Å². The van der Waals surface area contributed by atoms with Crippen molar-refractivity contribution in [2.75, 3.05) is 7.11 Å². The number of carboxylic acids is 1. The second-order valence-corrected chi connectivity index (χ2v) is 11.2. The number of methoxy groups -OCH3 is 1. The second kappa shape index (κ2) is 11.2. The van der Waals surface area contributed by atoms with Gasteiger partial charge in [0.25, 0.3) is 11.1 Å². The van der Waals surface area contributed by atoms with E-state index in [0.29, 0.717) is 18.7 Å². The van der Waals surface area contributed by atoms with Crippen molar-refractivity contribution in [3.05, 3.63) is 113 Å². The van der Waals surface area contributed by atoms with E-state index in [1.54, 1.807) is 23.9 Å². The van der Waals surface area contributed by atoms with Gasteiger partial charge in [0.2, 0.25) is 5.69 Å². The highest BCUT2D eigenvalue weighted by Crippen LogP contribution is 2.39. The molecule has 2 aromatic heterocycles. The molecule has 218 valence electrons. The number of H-pyrrole nitrogens is 1. The first kappa shape index (κ1) is 28.7. The lowest BCUT2D eigenvalue weighted by Crippen LogP contribution is -2.35. The van der Waals surface area contributed by atoms with Crippen molar-refractivity contribution in [1.82, 2.24) is 24.5 Å². The van der Waals surface area contributed by atoms with Gasteiger partial charge in [0.05, 0.1) is 25.0 Å². The fraction of sp³-hybridized carbons (Fsp3) is 0.355. The van der Waals surface area contributed by atoms with E-state index < -0.39 is 22.9 Å². The molecule has 0 unspecified atom stereocenters. The summed E-state index contributed by atoms with van der Waals surface area (Å²) in [5, 5.41) is 17.9. The Hall–Kier alpha value is -4.80. The van der Waals surface area contributed by atoms with E-state index in [9.17, 15) is 24.3 Å². The van der Waals surface area contributed by atoms with Gasteiger partial charge < -0.3 is 9.84 Å². The second-order valence-electron chi connectivity index (χ2n) is 11.2. The van der Waals surface area contributed by atoms with Gasteiger partial charge in [0, 0.05) is 12.0 Å². The highest BCUT2D eigenvalue weighted by molar-refractivity contribution is 5.84. The fourth-order valence-corrected chi connectivity index (χ4v) is 5.82. The molecule has 0 amide bonds. The lowest BCUT2D eigenvalue weighted by atomic mass is 9.81. The van der Waals surface area contributed by atoms with E-state index >= 15 is 0 Å². The minimum absolute atomic E-state index is 0.0829. The van der Waals surface area contributed by atoms with E-state index in [4.69, 9.17) is 9.84 Å². The zero-order valence-electron chi connectivity index (χ0n) is 24.1. The number of nitrogens with zero attached hydrogens (tertiary/aromatic N) is 4. The van der Waals surface area contributed by atoms with Gasteiger partial charge in [-0.15, -0.1) is 0 Å². The van der Waals surface area contributed by atoms with E-state index in [1.165, 1.54) is 0 Å². The Balaban J connectivity index is 1.56. The van der Waals surface area contributed by atoms with Crippen molar-refractivity contribution in [2.24, 2.45) is 0 Å². The summed E-state index contributed by atoms with van der Waals surface area (Å²) >= 11 is 0. The summed E-state index contributed by atoms with van der Waals surface area (Å²) in [6.45, 7) is 6.24. The van der Waals surface area contributed by atoms with Gasteiger partial charge in [-0.25, -0.2) is 14.3 Å². The number of carboxylic acid groups (broad SMARTS) is 1. The van der Waals surface area contributed by atoms with Crippen molar-refractivity contribution in [3.63, 3.8) is 0 Å². The molecule has 0 saturated heterocycles. The molecular weight excluding hydrogens is 538 g/mol. The molecule has 5 rings (SSSR count). The molecule has 0 spiro atoms. The molecule has 4 aromatic rings. The third-order valence-corrected chi connectivity index (χ3v) is 8.19. The molecule has 0 radical (unpaired) electrons. The van der Waals surface area contributed by atoms with Gasteiger partial charge in [0.15, 0.2) is 0 Å². The standard InChI is InChI=1S/C31H33N5O6/c1-18-13-22(36-30(41)32-27(37)26(34-36)29(39)40)14-19(2)24(18)15-21-16-25(31(3)11-5-6-12-31)28(38)35(33-21)17-20-7-9-23(42-4)10-8-20/h7-10,13-14,16H,5-6,11-12,15,17H2,1-4H3,(H,39,40)(H,32,37,41). The Kier molecular flexibility index (Phi) is 7.68. The van der Waals surface area contributed by atoms with Crippen molar-refractivity contribution < 1.29 is 14.6 Å². The molecule has 11 nitrogen and oxygen atoms in total. The van der Waals surface area contributed by atoms with E-state index in [0.717, 1.165) is 69.6 Å². The molecule has 1 aliphatic rings. The normalized spacial score (nSPS) is 14.2. The number of hydrogen-bond acceptors (Lipinski definition) is 7. The van der Waals surface area contributed by atoms with E-state index in [2.05, 4.69) is 12.0 Å². The van der Waals surface area contributed by atoms with Gasteiger partial charge in [-0.3, -0.25) is 14.6 Å². The molecule has 0 atom stereocenters. The predicted octanol–water partition coefficient (Wildman–Crippen LogP) is 3.27. The lowest BCUT2D eigenvalue weighted by Gasteiger charge is -2.25. The van der Waals surface area contributed by atoms with E-state index in [1.807, 2.05) is 49.2 Å². The van der Waals surface area contributed by atoms with Crippen LogP contribution in [-0.4, -0.2) is 42.7 Å². The quantitative estimate of drug-likeness (QED) is 0.327. The monoisotopic (exact) mass is 571 g/mol. The van der Waals surface area contributed by atoms with Gasteiger partial charge in [-0.05, 0) is 84.7 Å². The molecule has 42 heavy (non-hydrogen) atoms. The fourth-order valence-electron chi connectivity index (χ4n) is 5.82. The number of hydrogen-bond donors (Lipinski definition) is 2. The molecule has 1 saturated carbocycles. The Morgan fingerprint density at radius 1 is 1.02 bits per heavy atom. The van der Waals surface area contributed by atoms with Crippen LogP contribution < -0.4 is 21.5 Å². The maximum Gasteiger partial charge on any atom is 0.362 e. The third kappa shape index (κ3) is 5.54. The van der Waals surface area contributed by atoms with Crippen LogP contribution in [0.1, 0.15) is 76.6 Å². The van der Waals surface area contributed by atoms with Crippen LogP contribution in [0, 0.1) is 13.8 Å². The average Bonchev–Trinajstić information content (AvgIpc) is 3.39. The Morgan fingerprint density at radius 2 is 1.67 bits per heavy atom. The molecule has 2 aromatic carbocycles. The summed E-state index contributed by atoms with van der Waals surface area (Å²) < 4.78 is 7.69. The largest absolute Gasteiger partial charge is 0.497 e. The number of aromatic carboxylic acids is 1. The zero-order chi connectivity index (χ0) is 30.2. The number of nitrogens with one attached hydrogen (secondary N) is 1. The SMILES string of the molecule is COc1ccc(Cn2nc(Cc3c(C)cc(-n4nc(C(=O)O)c(=O)[nH]c4=O)cc3C)cc(C3(C)CCCC3)c2=O)cc1. The first-order valence-electron chi connectivity index (χ1n) is 13.8. The summed E-state index contributed by atoms with van der Waals surface area (Å²) in [7, 11) is 1.61. The van der Waals surface area contributed by atoms with Gasteiger partial charge in [-0.2, -0.15) is 14.9 Å². The first-order valence-corrected chi connectivity index (χ1v) is 13.8. The molecule has 11 heteroatoms. The van der Waals surface area contributed by atoms with Crippen LogP contribution in [0.25, 0.3) is 5.69 Å². The molecule has 0 aliphatic heterocycles. The molecule has 1 aliphatic carbocycles. The Bertz CT molecular complexity index is 1820. The van der Waals surface area contributed by atoms with Gasteiger partial charge in [-0.1, -0.05) is 31.9 Å². The summed E-state index contributed by atoms with van der Waals surface area (Å²) in [5.74, 6) is -0.794. The molecular formula is C31H33N5O6. The topological polar surface area (TPSA) is 149 Å². The number of carbonyl (C=O) groups is 1. The highest BCUT2D eigenvalue weighted by atomic mass is 16.5. The van der Waals surface area contributed by atoms with Crippen LogP contribution in [0.3, 0.4) is 0 Å². The van der Waals surface area contributed by atoms with Crippen molar-refractivity contribution >= 4 is 5.97 Å². The predicted molar refractivity (Wildman–Crippen MR) is 156 cm³/mol. The molecule has 0 bridgehead atoms.